The average molecular weight is 282 g/mol. The molecule has 0 amide bonds. The fraction of sp³-hybridized carbons (Fsp3) is 0.214. The van der Waals surface area contributed by atoms with Crippen LogP contribution in [0, 0.1) is 6.92 Å². The molecule has 0 fully saturated rings. The van der Waals surface area contributed by atoms with Gasteiger partial charge in [0.2, 0.25) is 0 Å². The highest BCUT2D eigenvalue weighted by atomic mass is 19.4. The Bertz CT molecular complexity index is 612. The molecule has 3 nitrogen and oxygen atoms in total. The van der Waals surface area contributed by atoms with Gasteiger partial charge in [-0.25, -0.2) is 0 Å². The van der Waals surface area contributed by atoms with E-state index < -0.39 is 11.7 Å². The van der Waals surface area contributed by atoms with E-state index in [1.165, 1.54) is 6.07 Å². The van der Waals surface area contributed by atoms with Crippen molar-refractivity contribution in [2.45, 2.75) is 19.7 Å². The Labute approximate surface area is 114 Å². The second kappa shape index (κ2) is 5.40. The van der Waals surface area contributed by atoms with Crippen molar-refractivity contribution in [3.05, 3.63) is 53.3 Å². The highest BCUT2D eigenvalue weighted by Gasteiger charge is 2.30. The number of rotatable bonds is 3. The van der Waals surface area contributed by atoms with Crippen molar-refractivity contribution in [2.75, 3.05) is 5.73 Å². The van der Waals surface area contributed by atoms with Gasteiger partial charge in [0.25, 0.3) is 0 Å². The molecule has 106 valence electrons. The molecule has 1 heterocycles. The molecule has 0 atom stereocenters. The topological polar surface area (TPSA) is 48.1 Å². The summed E-state index contributed by atoms with van der Waals surface area (Å²) < 4.78 is 42.9. The number of nitrogen functional groups attached to an aromatic ring is 1. The molecule has 6 heteroatoms. The molecule has 0 unspecified atom stereocenters. The Kier molecular flexibility index (Phi) is 3.83. The van der Waals surface area contributed by atoms with Crippen LogP contribution in [0.3, 0.4) is 0 Å². The summed E-state index contributed by atoms with van der Waals surface area (Å²) in [5.74, 6) is 0.210. The van der Waals surface area contributed by atoms with Gasteiger partial charge in [0, 0.05) is 5.69 Å². The number of anilines is 1. The second-order valence-electron chi connectivity index (χ2n) is 4.31. The molecule has 20 heavy (non-hydrogen) atoms. The van der Waals surface area contributed by atoms with Crippen LogP contribution in [-0.4, -0.2) is 4.98 Å². The number of aromatic nitrogens is 1. The first-order valence-electron chi connectivity index (χ1n) is 5.88. The second-order valence-corrected chi connectivity index (χ2v) is 4.31. The van der Waals surface area contributed by atoms with Gasteiger partial charge in [-0.05, 0) is 37.3 Å². The summed E-state index contributed by atoms with van der Waals surface area (Å²) in [6, 6.07) is 8.46. The van der Waals surface area contributed by atoms with Crippen LogP contribution in [0.2, 0.25) is 0 Å². The number of nitrogens with two attached hydrogens (primary N) is 1. The lowest BCUT2D eigenvalue weighted by Crippen LogP contribution is -2.07. The van der Waals surface area contributed by atoms with Crippen molar-refractivity contribution in [1.29, 1.82) is 0 Å². The zero-order chi connectivity index (χ0) is 14.8. The molecule has 2 rings (SSSR count). The highest BCUT2D eigenvalue weighted by Crippen LogP contribution is 2.33. The molecule has 2 aromatic rings. The first kappa shape index (κ1) is 14.2. The summed E-state index contributed by atoms with van der Waals surface area (Å²) in [4.78, 5) is 4.23. The van der Waals surface area contributed by atoms with E-state index in [2.05, 4.69) is 4.98 Å². The van der Waals surface area contributed by atoms with E-state index in [0.29, 0.717) is 5.69 Å². The van der Waals surface area contributed by atoms with Gasteiger partial charge in [-0.2, -0.15) is 13.2 Å². The zero-order valence-electron chi connectivity index (χ0n) is 10.7. The van der Waals surface area contributed by atoms with Crippen LogP contribution in [0.15, 0.2) is 36.4 Å². The molecule has 0 aliphatic carbocycles. The Morgan fingerprint density at radius 2 is 1.95 bits per heavy atom. The van der Waals surface area contributed by atoms with Gasteiger partial charge in [0.1, 0.15) is 12.4 Å². The number of alkyl halides is 3. The first-order valence-corrected chi connectivity index (χ1v) is 5.88. The van der Waals surface area contributed by atoms with E-state index in [1.54, 1.807) is 6.07 Å². The van der Waals surface area contributed by atoms with Crippen molar-refractivity contribution in [3.8, 4) is 5.75 Å². The van der Waals surface area contributed by atoms with Gasteiger partial charge in [-0.1, -0.05) is 6.07 Å². The van der Waals surface area contributed by atoms with Crippen LogP contribution in [0.5, 0.6) is 5.75 Å². The fourth-order valence-corrected chi connectivity index (χ4v) is 1.69. The molecule has 0 saturated carbocycles. The number of benzene rings is 1. The number of aryl methyl sites for hydroxylation is 1. The minimum Gasteiger partial charge on any atom is -0.485 e. The van der Waals surface area contributed by atoms with Crippen LogP contribution >= 0.6 is 0 Å². The zero-order valence-corrected chi connectivity index (χ0v) is 10.7. The van der Waals surface area contributed by atoms with E-state index in [9.17, 15) is 13.2 Å². The van der Waals surface area contributed by atoms with Gasteiger partial charge in [-0.15, -0.1) is 0 Å². The summed E-state index contributed by atoms with van der Waals surface area (Å²) in [5.41, 5.74) is 6.25. The monoisotopic (exact) mass is 282 g/mol. The fourth-order valence-electron chi connectivity index (χ4n) is 1.69. The quantitative estimate of drug-likeness (QED) is 0.875. The minimum atomic E-state index is -4.41. The van der Waals surface area contributed by atoms with Gasteiger partial charge in [0.05, 0.1) is 16.9 Å². The average Bonchev–Trinajstić information content (AvgIpc) is 2.36. The number of hydrogen-bond donors (Lipinski definition) is 1. The Morgan fingerprint density at radius 1 is 1.20 bits per heavy atom. The summed E-state index contributed by atoms with van der Waals surface area (Å²) in [5, 5.41) is 0. The van der Waals surface area contributed by atoms with Crippen LogP contribution in [0.25, 0.3) is 0 Å². The van der Waals surface area contributed by atoms with Gasteiger partial charge < -0.3 is 10.5 Å². The molecule has 1 aromatic heterocycles. The predicted molar refractivity (Wildman–Crippen MR) is 69.2 cm³/mol. The smallest absolute Gasteiger partial charge is 0.416 e. The molecule has 1 aromatic carbocycles. The van der Waals surface area contributed by atoms with Crippen LogP contribution in [-0.2, 0) is 12.8 Å². The van der Waals surface area contributed by atoms with Crippen LogP contribution in [0.4, 0.5) is 18.9 Å². The molecule has 0 aliphatic heterocycles. The lowest BCUT2D eigenvalue weighted by molar-refractivity contribution is -0.137. The number of hydrogen-bond acceptors (Lipinski definition) is 3. The number of pyridine rings is 1. The summed E-state index contributed by atoms with van der Waals surface area (Å²) >= 11 is 0. The Balaban J connectivity index is 2.11. The maximum absolute atomic E-state index is 12.5. The van der Waals surface area contributed by atoms with E-state index in [4.69, 9.17) is 10.5 Å². The molecule has 0 aliphatic rings. The van der Waals surface area contributed by atoms with Crippen molar-refractivity contribution in [1.82, 2.24) is 4.98 Å². The van der Waals surface area contributed by atoms with Crippen LogP contribution < -0.4 is 10.5 Å². The van der Waals surface area contributed by atoms with E-state index in [1.807, 2.05) is 19.1 Å². The first-order chi connectivity index (χ1) is 9.36. The lowest BCUT2D eigenvalue weighted by Gasteiger charge is -2.12. The van der Waals surface area contributed by atoms with Crippen LogP contribution in [0.1, 0.15) is 17.0 Å². The minimum absolute atomic E-state index is 0.0486. The molecule has 0 radical (unpaired) electrons. The van der Waals surface area contributed by atoms with Gasteiger partial charge >= 0.3 is 6.18 Å². The van der Waals surface area contributed by atoms with E-state index in [-0.39, 0.29) is 18.0 Å². The Hall–Kier alpha value is -2.24. The molecular weight excluding hydrogens is 269 g/mol. The maximum Gasteiger partial charge on any atom is 0.416 e. The van der Waals surface area contributed by atoms with Crippen molar-refractivity contribution < 1.29 is 17.9 Å². The van der Waals surface area contributed by atoms with Crippen molar-refractivity contribution >= 4 is 5.69 Å². The number of ether oxygens (including phenoxy) is 1. The highest BCUT2D eigenvalue weighted by molar-refractivity contribution is 5.54. The van der Waals surface area contributed by atoms with Crippen molar-refractivity contribution in [3.63, 3.8) is 0 Å². The van der Waals surface area contributed by atoms with E-state index >= 15 is 0 Å². The summed E-state index contributed by atoms with van der Waals surface area (Å²) in [6.07, 6.45) is -4.41. The third-order valence-electron chi connectivity index (χ3n) is 2.66. The molecular formula is C14H13F3N2O. The molecule has 0 bridgehead atoms. The maximum atomic E-state index is 12.5. The van der Waals surface area contributed by atoms with E-state index in [0.717, 1.165) is 17.8 Å². The molecule has 2 N–H and O–H groups in total. The normalized spacial score (nSPS) is 11.4. The van der Waals surface area contributed by atoms with Gasteiger partial charge in [-0.3, -0.25) is 4.98 Å². The summed E-state index contributed by atoms with van der Waals surface area (Å²) in [6.45, 7) is 1.99. The number of halogens is 3. The standard InChI is InChI=1S/C14H13F3N2O/c1-9-3-2-4-11(19-9)8-20-13-6-5-10(7-12(13)18)14(15,16)17/h2-7H,8,18H2,1H3. The van der Waals surface area contributed by atoms with Gasteiger partial charge in [0.15, 0.2) is 0 Å². The summed E-state index contributed by atoms with van der Waals surface area (Å²) in [7, 11) is 0. The number of nitrogens with zero attached hydrogens (tertiary/aromatic N) is 1. The molecule has 0 saturated heterocycles. The SMILES string of the molecule is Cc1cccc(COc2ccc(C(F)(F)F)cc2N)n1. The Morgan fingerprint density at radius 3 is 2.55 bits per heavy atom. The lowest BCUT2D eigenvalue weighted by atomic mass is 10.2. The largest absolute Gasteiger partial charge is 0.485 e. The third kappa shape index (κ3) is 3.40. The molecule has 0 spiro atoms. The third-order valence-corrected chi connectivity index (χ3v) is 2.66. The van der Waals surface area contributed by atoms with Crippen molar-refractivity contribution in [2.24, 2.45) is 0 Å². The predicted octanol–water partition coefficient (Wildman–Crippen LogP) is 3.57.